The zero-order valence-electron chi connectivity index (χ0n) is 18.3. The number of furan rings is 1. The van der Waals surface area contributed by atoms with Crippen LogP contribution in [0.1, 0.15) is 28.6 Å². The minimum Gasteiger partial charge on any atom is -0.490 e. The summed E-state index contributed by atoms with van der Waals surface area (Å²) in [6.07, 6.45) is 2.83. The van der Waals surface area contributed by atoms with Crippen LogP contribution in [0.25, 0.3) is 6.08 Å². The molecule has 1 N–H and O–H groups in total. The molecule has 0 radical (unpaired) electrons. The molecule has 1 heterocycles. The molecule has 0 unspecified atom stereocenters. The summed E-state index contributed by atoms with van der Waals surface area (Å²) in [5.74, 6) is -0.698. The van der Waals surface area contributed by atoms with E-state index in [9.17, 15) is 25.0 Å². The van der Waals surface area contributed by atoms with Gasteiger partial charge in [-0.2, -0.15) is 5.26 Å². The van der Waals surface area contributed by atoms with Gasteiger partial charge in [-0.15, -0.1) is 0 Å². The van der Waals surface area contributed by atoms with Crippen LogP contribution in [0.3, 0.4) is 0 Å². The lowest BCUT2D eigenvalue weighted by Gasteiger charge is -2.12. The van der Waals surface area contributed by atoms with Gasteiger partial charge >= 0.3 is 5.97 Å². The third kappa shape index (κ3) is 6.46. The number of nitrogens with zero attached hydrogens (tertiary/aromatic N) is 2. The summed E-state index contributed by atoms with van der Waals surface area (Å²) in [6.45, 7) is 2.07. The average molecular weight is 496 g/mol. The number of benzene rings is 2. The van der Waals surface area contributed by atoms with Crippen LogP contribution < -0.4 is 14.8 Å². The highest BCUT2D eigenvalue weighted by Crippen LogP contribution is 2.31. The summed E-state index contributed by atoms with van der Waals surface area (Å²) in [4.78, 5) is 35.3. The standard InChI is InChI=1S/C24H18ClN3O7/c1-2-33-22-11-15(10-17(13-26)23(29)27-14-18-4-3-9-34-18)5-8-21(22)35-24(30)16-6-7-19(25)20(12-16)28(31)32/h3-12H,2,14H2,1H3,(H,27,29)/b17-10+. The van der Waals surface area contributed by atoms with Crippen molar-refractivity contribution in [2.24, 2.45) is 0 Å². The molecule has 11 heteroatoms. The monoisotopic (exact) mass is 495 g/mol. The van der Waals surface area contributed by atoms with Crippen LogP contribution in [0, 0.1) is 21.4 Å². The zero-order valence-corrected chi connectivity index (χ0v) is 19.1. The van der Waals surface area contributed by atoms with E-state index < -0.39 is 22.5 Å². The number of carbonyl (C=O) groups excluding carboxylic acids is 2. The second-order valence-corrected chi connectivity index (χ2v) is 7.29. The molecule has 0 spiro atoms. The highest BCUT2D eigenvalue weighted by molar-refractivity contribution is 6.32. The van der Waals surface area contributed by atoms with Crippen molar-refractivity contribution in [3.8, 4) is 17.6 Å². The molecule has 10 nitrogen and oxygen atoms in total. The quantitative estimate of drug-likeness (QED) is 0.112. The van der Waals surface area contributed by atoms with Crippen LogP contribution >= 0.6 is 11.6 Å². The number of hydrogen-bond donors (Lipinski definition) is 1. The average Bonchev–Trinajstić information content (AvgIpc) is 3.36. The molecule has 0 atom stereocenters. The minimum absolute atomic E-state index is 0.0485. The highest BCUT2D eigenvalue weighted by Gasteiger charge is 2.19. The normalized spacial score (nSPS) is 10.8. The summed E-state index contributed by atoms with van der Waals surface area (Å²) in [6, 6.07) is 13.2. The fraction of sp³-hybridized carbons (Fsp3) is 0.125. The van der Waals surface area contributed by atoms with Crippen molar-refractivity contribution < 1.29 is 28.4 Å². The van der Waals surface area contributed by atoms with Gasteiger partial charge in [0.2, 0.25) is 0 Å². The SMILES string of the molecule is CCOc1cc(/C=C(\C#N)C(=O)NCc2ccco2)ccc1OC(=O)c1ccc(Cl)c([N+](=O)[O-])c1. The van der Waals surface area contributed by atoms with E-state index in [1.807, 2.05) is 6.07 Å². The van der Waals surface area contributed by atoms with Crippen molar-refractivity contribution in [1.82, 2.24) is 5.32 Å². The zero-order chi connectivity index (χ0) is 25.4. The maximum atomic E-state index is 12.6. The minimum atomic E-state index is -0.857. The van der Waals surface area contributed by atoms with Crippen LogP contribution in [0.15, 0.2) is 64.8 Å². The van der Waals surface area contributed by atoms with Crippen LogP contribution in [-0.4, -0.2) is 23.4 Å². The molecule has 178 valence electrons. The molecule has 3 rings (SSSR count). The summed E-state index contributed by atoms with van der Waals surface area (Å²) in [5.41, 5.74) is -0.217. The molecule has 0 aliphatic heterocycles. The molecule has 0 saturated carbocycles. The molecule has 0 aliphatic carbocycles. The smallest absolute Gasteiger partial charge is 0.343 e. The topological polar surface area (TPSA) is 145 Å². The number of ether oxygens (including phenoxy) is 2. The largest absolute Gasteiger partial charge is 0.490 e. The Kier molecular flexibility index (Phi) is 8.21. The Morgan fingerprint density at radius 3 is 2.69 bits per heavy atom. The molecule has 0 saturated heterocycles. The molecular weight excluding hydrogens is 478 g/mol. The second kappa shape index (κ2) is 11.5. The van der Waals surface area contributed by atoms with Crippen molar-refractivity contribution in [3.63, 3.8) is 0 Å². The third-order valence-electron chi connectivity index (χ3n) is 4.53. The van der Waals surface area contributed by atoms with Gasteiger partial charge in [0.15, 0.2) is 11.5 Å². The van der Waals surface area contributed by atoms with Crippen molar-refractivity contribution in [1.29, 1.82) is 5.26 Å². The first-order valence-electron chi connectivity index (χ1n) is 10.2. The third-order valence-corrected chi connectivity index (χ3v) is 4.85. The Morgan fingerprint density at radius 2 is 2.03 bits per heavy atom. The van der Waals surface area contributed by atoms with Gasteiger partial charge < -0.3 is 19.2 Å². The van der Waals surface area contributed by atoms with Gasteiger partial charge in [-0.3, -0.25) is 14.9 Å². The summed E-state index contributed by atoms with van der Waals surface area (Å²) in [5, 5.41) is 23.0. The summed E-state index contributed by atoms with van der Waals surface area (Å²) in [7, 11) is 0. The van der Waals surface area contributed by atoms with Gasteiger partial charge in [-0.1, -0.05) is 17.7 Å². The number of nitrogens with one attached hydrogen (secondary N) is 1. The van der Waals surface area contributed by atoms with E-state index >= 15 is 0 Å². The molecule has 1 amide bonds. The van der Waals surface area contributed by atoms with Crippen molar-refractivity contribution in [2.45, 2.75) is 13.5 Å². The van der Waals surface area contributed by atoms with E-state index in [0.717, 1.165) is 6.07 Å². The van der Waals surface area contributed by atoms with E-state index in [1.54, 1.807) is 19.1 Å². The van der Waals surface area contributed by atoms with Gasteiger partial charge in [0.05, 0.1) is 29.9 Å². The van der Waals surface area contributed by atoms with Crippen LogP contribution in [0.4, 0.5) is 5.69 Å². The highest BCUT2D eigenvalue weighted by atomic mass is 35.5. The number of nitro groups is 1. The number of rotatable bonds is 9. The fourth-order valence-electron chi connectivity index (χ4n) is 2.90. The van der Waals surface area contributed by atoms with E-state index in [-0.39, 0.29) is 40.8 Å². The van der Waals surface area contributed by atoms with Gasteiger partial charge in [0.1, 0.15) is 22.4 Å². The number of nitriles is 1. The molecule has 35 heavy (non-hydrogen) atoms. The molecular formula is C24H18ClN3O7. The van der Waals surface area contributed by atoms with Gasteiger partial charge in [0, 0.05) is 6.07 Å². The summed E-state index contributed by atoms with van der Waals surface area (Å²) >= 11 is 5.79. The van der Waals surface area contributed by atoms with E-state index in [1.165, 1.54) is 42.7 Å². The number of esters is 1. The van der Waals surface area contributed by atoms with Crippen LogP contribution in [0.2, 0.25) is 5.02 Å². The van der Waals surface area contributed by atoms with E-state index in [4.69, 9.17) is 25.5 Å². The fourth-order valence-corrected chi connectivity index (χ4v) is 3.08. The van der Waals surface area contributed by atoms with Gasteiger partial charge in [-0.05, 0) is 55.0 Å². The lowest BCUT2D eigenvalue weighted by Crippen LogP contribution is -2.23. The Hall–Kier alpha value is -4.62. The van der Waals surface area contributed by atoms with Gasteiger partial charge in [-0.25, -0.2) is 4.79 Å². The molecule has 0 bridgehead atoms. The number of halogens is 1. The maximum absolute atomic E-state index is 12.6. The first-order chi connectivity index (χ1) is 16.8. The molecule has 0 fully saturated rings. The first-order valence-corrected chi connectivity index (χ1v) is 10.6. The second-order valence-electron chi connectivity index (χ2n) is 6.88. The summed E-state index contributed by atoms with van der Waals surface area (Å²) < 4.78 is 16.0. The molecule has 3 aromatic rings. The predicted molar refractivity (Wildman–Crippen MR) is 125 cm³/mol. The van der Waals surface area contributed by atoms with E-state index in [0.29, 0.717) is 11.3 Å². The maximum Gasteiger partial charge on any atom is 0.343 e. The molecule has 1 aromatic heterocycles. The van der Waals surface area contributed by atoms with Crippen molar-refractivity contribution >= 4 is 35.2 Å². The lowest BCUT2D eigenvalue weighted by atomic mass is 10.1. The number of hydrogen-bond acceptors (Lipinski definition) is 8. The Balaban J connectivity index is 1.80. The first kappa shape index (κ1) is 25.0. The van der Waals surface area contributed by atoms with Crippen LogP contribution in [0.5, 0.6) is 11.5 Å². The Morgan fingerprint density at radius 1 is 1.23 bits per heavy atom. The van der Waals surface area contributed by atoms with Gasteiger partial charge in [0.25, 0.3) is 11.6 Å². The number of carbonyl (C=O) groups is 2. The number of nitro benzene ring substituents is 1. The molecule has 2 aromatic carbocycles. The lowest BCUT2D eigenvalue weighted by molar-refractivity contribution is -0.384. The van der Waals surface area contributed by atoms with Crippen molar-refractivity contribution in [2.75, 3.05) is 6.61 Å². The molecule has 0 aliphatic rings. The Bertz CT molecular complexity index is 1330. The Labute approximate surface area is 204 Å². The predicted octanol–water partition coefficient (Wildman–Crippen LogP) is 4.68. The van der Waals surface area contributed by atoms with Crippen LogP contribution in [-0.2, 0) is 11.3 Å². The van der Waals surface area contributed by atoms with E-state index in [2.05, 4.69) is 5.32 Å². The van der Waals surface area contributed by atoms with Crippen molar-refractivity contribution in [3.05, 3.63) is 92.4 Å². The number of amides is 1.